The van der Waals surface area contributed by atoms with Gasteiger partial charge in [-0.1, -0.05) is 0 Å². The van der Waals surface area contributed by atoms with Crippen LogP contribution in [0.25, 0.3) is 0 Å². The highest BCUT2D eigenvalue weighted by Gasteiger charge is 2.43. The van der Waals surface area contributed by atoms with Crippen molar-refractivity contribution >= 4 is 5.69 Å². The molecule has 1 saturated heterocycles. The third kappa shape index (κ3) is 2.88. The summed E-state index contributed by atoms with van der Waals surface area (Å²) >= 11 is 0. The van der Waals surface area contributed by atoms with Crippen molar-refractivity contribution in [3.8, 4) is 5.75 Å². The van der Waals surface area contributed by atoms with Gasteiger partial charge in [0.15, 0.2) is 0 Å². The van der Waals surface area contributed by atoms with Crippen LogP contribution in [0.2, 0.25) is 0 Å². The van der Waals surface area contributed by atoms with Crippen molar-refractivity contribution in [1.29, 1.82) is 0 Å². The Labute approximate surface area is 114 Å². The lowest BCUT2D eigenvalue weighted by molar-refractivity contribution is -0.384. The number of aliphatic hydroxyl groups is 3. The Kier molecular flexibility index (Phi) is 4.19. The van der Waals surface area contributed by atoms with E-state index in [9.17, 15) is 25.4 Å². The molecule has 8 nitrogen and oxygen atoms in total. The third-order valence-corrected chi connectivity index (χ3v) is 3.11. The number of ether oxygens (including phenoxy) is 2. The number of hydrogen-bond donors (Lipinski definition) is 3. The van der Waals surface area contributed by atoms with Gasteiger partial charge in [0.05, 0.1) is 11.0 Å². The second-order valence-corrected chi connectivity index (χ2v) is 4.55. The summed E-state index contributed by atoms with van der Waals surface area (Å²) in [7, 11) is 0. The molecule has 1 fully saturated rings. The van der Waals surface area contributed by atoms with Crippen molar-refractivity contribution in [2.45, 2.75) is 37.6 Å². The molecule has 1 aliphatic rings. The Bertz CT molecular complexity index is 477. The van der Waals surface area contributed by atoms with Gasteiger partial charge in [0.25, 0.3) is 5.69 Å². The molecule has 20 heavy (non-hydrogen) atoms. The van der Waals surface area contributed by atoms with Crippen LogP contribution in [0.15, 0.2) is 24.3 Å². The fourth-order valence-corrected chi connectivity index (χ4v) is 1.89. The van der Waals surface area contributed by atoms with E-state index >= 15 is 0 Å². The van der Waals surface area contributed by atoms with Gasteiger partial charge in [0.2, 0.25) is 6.29 Å². The first kappa shape index (κ1) is 14.7. The van der Waals surface area contributed by atoms with Gasteiger partial charge in [-0.15, -0.1) is 0 Å². The van der Waals surface area contributed by atoms with E-state index in [0.29, 0.717) is 0 Å². The van der Waals surface area contributed by atoms with Crippen LogP contribution in [0.3, 0.4) is 0 Å². The van der Waals surface area contributed by atoms with E-state index in [4.69, 9.17) is 9.47 Å². The van der Waals surface area contributed by atoms with Gasteiger partial charge in [-0.05, 0) is 19.1 Å². The lowest BCUT2D eigenvalue weighted by Gasteiger charge is -2.38. The summed E-state index contributed by atoms with van der Waals surface area (Å²) in [5.41, 5.74) is -0.0914. The highest BCUT2D eigenvalue weighted by Crippen LogP contribution is 2.25. The molecule has 3 N–H and O–H groups in total. The van der Waals surface area contributed by atoms with Crippen molar-refractivity contribution in [3.63, 3.8) is 0 Å². The van der Waals surface area contributed by atoms with Crippen molar-refractivity contribution in [3.05, 3.63) is 34.4 Å². The summed E-state index contributed by atoms with van der Waals surface area (Å²) in [5.74, 6) is 0.246. The van der Waals surface area contributed by atoms with Crippen molar-refractivity contribution in [2.75, 3.05) is 0 Å². The van der Waals surface area contributed by atoms with Crippen LogP contribution in [-0.4, -0.2) is 50.9 Å². The summed E-state index contributed by atoms with van der Waals surface area (Å²) in [6.45, 7) is 1.53. The quantitative estimate of drug-likeness (QED) is 0.519. The summed E-state index contributed by atoms with van der Waals surface area (Å²) in [5, 5.41) is 39.4. The number of nitro groups is 1. The number of benzene rings is 1. The van der Waals surface area contributed by atoms with Crippen LogP contribution < -0.4 is 4.74 Å². The highest BCUT2D eigenvalue weighted by atomic mass is 16.7. The van der Waals surface area contributed by atoms with Gasteiger partial charge in [0.1, 0.15) is 24.1 Å². The number of nitro benzene ring substituents is 1. The summed E-state index contributed by atoms with van der Waals surface area (Å²) < 4.78 is 10.6. The molecule has 0 radical (unpaired) electrons. The maximum absolute atomic E-state index is 10.5. The molecular formula is C12H15NO7. The molecule has 1 heterocycles. The van der Waals surface area contributed by atoms with E-state index in [2.05, 4.69) is 0 Å². The average Bonchev–Trinajstić information content (AvgIpc) is 2.43. The summed E-state index contributed by atoms with van der Waals surface area (Å²) in [6.07, 6.45) is -5.89. The topological polar surface area (TPSA) is 122 Å². The molecule has 0 amide bonds. The molecule has 1 aromatic carbocycles. The molecular weight excluding hydrogens is 270 g/mol. The minimum Gasteiger partial charge on any atom is -0.462 e. The maximum atomic E-state index is 10.5. The zero-order valence-corrected chi connectivity index (χ0v) is 10.6. The zero-order valence-electron chi connectivity index (χ0n) is 10.6. The van der Waals surface area contributed by atoms with E-state index in [1.165, 1.54) is 31.2 Å². The summed E-state index contributed by atoms with van der Waals surface area (Å²) in [6, 6.07) is 5.21. The number of hydrogen-bond acceptors (Lipinski definition) is 7. The second kappa shape index (κ2) is 5.71. The molecule has 1 aliphatic heterocycles. The first-order valence-electron chi connectivity index (χ1n) is 6.01. The first-order valence-corrected chi connectivity index (χ1v) is 6.01. The fraction of sp³-hybridized carbons (Fsp3) is 0.500. The highest BCUT2D eigenvalue weighted by molar-refractivity contribution is 5.36. The molecule has 0 aromatic heterocycles. The van der Waals surface area contributed by atoms with Gasteiger partial charge in [0, 0.05) is 12.1 Å². The van der Waals surface area contributed by atoms with Gasteiger partial charge < -0.3 is 24.8 Å². The SMILES string of the molecule is C[C@H]1O[C@@H](Oc2ccc([N+](=O)[O-])cc2)[C@H](O)[C@@H](O)[C@H]1O. The number of nitrogens with zero attached hydrogens (tertiary/aromatic N) is 1. The van der Waals surface area contributed by atoms with E-state index in [1.54, 1.807) is 0 Å². The van der Waals surface area contributed by atoms with E-state index in [1.807, 2.05) is 0 Å². The fourth-order valence-electron chi connectivity index (χ4n) is 1.89. The van der Waals surface area contributed by atoms with Crippen molar-refractivity contribution in [2.24, 2.45) is 0 Å². The Morgan fingerprint density at radius 2 is 1.75 bits per heavy atom. The normalized spacial score (nSPS) is 33.7. The Hall–Kier alpha value is -1.74. The molecule has 2 rings (SSSR count). The first-order chi connectivity index (χ1) is 9.40. The smallest absolute Gasteiger partial charge is 0.269 e. The van der Waals surface area contributed by atoms with Crippen molar-refractivity contribution in [1.82, 2.24) is 0 Å². The third-order valence-electron chi connectivity index (χ3n) is 3.11. The Balaban J connectivity index is 2.07. The van der Waals surface area contributed by atoms with Gasteiger partial charge in [-0.25, -0.2) is 0 Å². The monoisotopic (exact) mass is 285 g/mol. The molecule has 8 heteroatoms. The van der Waals surface area contributed by atoms with E-state index in [0.717, 1.165) is 0 Å². The van der Waals surface area contributed by atoms with Gasteiger partial charge in [-0.3, -0.25) is 10.1 Å². The minimum absolute atomic E-state index is 0.0914. The molecule has 0 spiro atoms. The average molecular weight is 285 g/mol. The van der Waals surface area contributed by atoms with Crippen LogP contribution in [0.4, 0.5) is 5.69 Å². The van der Waals surface area contributed by atoms with E-state index in [-0.39, 0.29) is 11.4 Å². The number of non-ortho nitro benzene ring substituents is 1. The lowest BCUT2D eigenvalue weighted by Crippen LogP contribution is -2.58. The van der Waals surface area contributed by atoms with Crippen LogP contribution in [0, 0.1) is 10.1 Å². The molecule has 1 aromatic rings. The molecule has 5 atom stereocenters. The van der Waals surface area contributed by atoms with Crippen LogP contribution in [0.5, 0.6) is 5.75 Å². The van der Waals surface area contributed by atoms with Crippen LogP contribution >= 0.6 is 0 Å². The predicted molar refractivity (Wildman–Crippen MR) is 66.1 cm³/mol. The van der Waals surface area contributed by atoms with Crippen LogP contribution in [-0.2, 0) is 4.74 Å². The molecule has 0 bridgehead atoms. The summed E-state index contributed by atoms with van der Waals surface area (Å²) in [4.78, 5) is 9.97. The van der Waals surface area contributed by atoms with Gasteiger partial charge in [-0.2, -0.15) is 0 Å². The predicted octanol–water partition coefficient (Wildman–Crippen LogP) is -0.199. The van der Waals surface area contributed by atoms with Crippen molar-refractivity contribution < 1.29 is 29.7 Å². The largest absolute Gasteiger partial charge is 0.462 e. The Morgan fingerprint density at radius 3 is 2.30 bits per heavy atom. The molecule has 0 saturated carbocycles. The van der Waals surface area contributed by atoms with E-state index < -0.39 is 35.6 Å². The minimum atomic E-state index is -1.42. The number of rotatable bonds is 3. The van der Waals surface area contributed by atoms with Gasteiger partial charge >= 0.3 is 0 Å². The maximum Gasteiger partial charge on any atom is 0.269 e. The lowest BCUT2D eigenvalue weighted by atomic mass is 10.00. The molecule has 0 unspecified atom stereocenters. The zero-order chi connectivity index (χ0) is 14.9. The molecule has 0 aliphatic carbocycles. The van der Waals surface area contributed by atoms with Crippen LogP contribution in [0.1, 0.15) is 6.92 Å². The second-order valence-electron chi connectivity index (χ2n) is 4.55. The standard InChI is InChI=1S/C12H15NO7/c1-6-9(14)10(15)11(16)12(19-6)20-8-4-2-7(3-5-8)13(17)18/h2-6,9-12,14-16H,1H3/t6-,9+,10+,11-,12+/m1/s1. The number of aliphatic hydroxyl groups excluding tert-OH is 3. The molecule has 110 valence electrons. The Morgan fingerprint density at radius 1 is 1.15 bits per heavy atom.